The summed E-state index contributed by atoms with van der Waals surface area (Å²) in [6, 6.07) is 0.245. The molecule has 0 aromatic heterocycles. The van der Waals surface area contributed by atoms with Gasteiger partial charge in [-0.15, -0.1) is 0 Å². The lowest BCUT2D eigenvalue weighted by Gasteiger charge is -2.33. The van der Waals surface area contributed by atoms with E-state index in [0.29, 0.717) is 12.5 Å². The molecule has 0 spiro atoms. The Morgan fingerprint density at radius 2 is 1.78 bits per heavy atom. The van der Waals surface area contributed by atoms with Crippen molar-refractivity contribution in [2.24, 2.45) is 5.92 Å². The lowest BCUT2D eigenvalue weighted by Crippen LogP contribution is -2.49. The molecule has 0 atom stereocenters. The Morgan fingerprint density at radius 1 is 1.17 bits per heavy atom. The number of amides is 2. The largest absolute Gasteiger partial charge is 0.335 e. The third kappa shape index (κ3) is 6.67. The monoisotopic (exact) mass is 345 g/mol. The van der Waals surface area contributed by atoms with Crippen LogP contribution in [0, 0.1) is 5.92 Å². The Morgan fingerprint density at radius 3 is 2.35 bits per heavy atom. The average Bonchev–Trinajstić information content (AvgIpc) is 2.98. The van der Waals surface area contributed by atoms with Crippen LogP contribution in [-0.2, 0) is 9.84 Å². The highest BCUT2D eigenvalue weighted by Gasteiger charge is 2.24. The second-order valence-electron chi connectivity index (χ2n) is 7.23. The Kier molecular flexibility index (Phi) is 6.71. The number of hydrogen-bond donors (Lipinski definition) is 1. The maximum Gasteiger partial charge on any atom is 0.317 e. The van der Waals surface area contributed by atoms with Crippen LogP contribution in [0.2, 0.25) is 0 Å². The van der Waals surface area contributed by atoms with Crippen LogP contribution in [0.25, 0.3) is 0 Å². The van der Waals surface area contributed by atoms with Crippen molar-refractivity contribution in [3.8, 4) is 0 Å². The molecule has 134 valence electrons. The van der Waals surface area contributed by atoms with Gasteiger partial charge in [0.25, 0.3) is 0 Å². The predicted octanol–water partition coefficient (Wildman–Crippen LogP) is 1.33. The number of likely N-dealkylation sites (tertiary alicyclic amines) is 1. The fraction of sp³-hybridized carbons (Fsp3) is 0.938. The summed E-state index contributed by atoms with van der Waals surface area (Å²) in [5.74, 6) is 0.886. The van der Waals surface area contributed by atoms with Crippen molar-refractivity contribution in [3.05, 3.63) is 0 Å². The molecule has 1 saturated heterocycles. The van der Waals surface area contributed by atoms with E-state index < -0.39 is 9.84 Å². The summed E-state index contributed by atoms with van der Waals surface area (Å²) in [5, 5.41) is 3.13. The third-order valence-corrected chi connectivity index (χ3v) is 5.97. The highest BCUT2D eigenvalue weighted by Crippen LogP contribution is 2.25. The van der Waals surface area contributed by atoms with Gasteiger partial charge in [0.2, 0.25) is 0 Å². The molecule has 0 bridgehead atoms. The Balaban J connectivity index is 1.65. The fourth-order valence-electron chi connectivity index (χ4n) is 3.54. The Labute approximate surface area is 140 Å². The summed E-state index contributed by atoms with van der Waals surface area (Å²) in [7, 11) is -1.01. The van der Waals surface area contributed by atoms with Gasteiger partial charge < -0.3 is 15.1 Å². The van der Waals surface area contributed by atoms with Crippen LogP contribution in [0.5, 0.6) is 0 Å². The molecule has 0 unspecified atom stereocenters. The number of carbonyl (C=O) groups excluding carboxylic acids is 1. The maximum absolute atomic E-state index is 12.3. The zero-order valence-corrected chi connectivity index (χ0v) is 15.3. The molecule has 1 heterocycles. The summed E-state index contributed by atoms with van der Waals surface area (Å²) in [6.45, 7) is 3.17. The van der Waals surface area contributed by atoms with E-state index in [0.717, 1.165) is 32.5 Å². The minimum absolute atomic E-state index is 0.0338. The van der Waals surface area contributed by atoms with Gasteiger partial charge >= 0.3 is 6.03 Å². The molecule has 23 heavy (non-hydrogen) atoms. The van der Waals surface area contributed by atoms with E-state index in [1.54, 1.807) is 0 Å². The van der Waals surface area contributed by atoms with Crippen LogP contribution >= 0.6 is 0 Å². The predicted molar refractivity (Wildman–Crippen MR) is 92.3 cm³/mol. The fourth-order valence-corrected chi connectivity index (χ4v) is 4.13. The van der Waals surface area contributed by atoms with Gasteiger partial charge in [-0.3, -0.25) is 0 Å². The zero-order valence-electron chi connectivity index (χ0n) is 14.5. The molecule has 1 aliphatic heterocycles. The minimum atomic E-state index is -2.90. The summed E-state index contributed by atoms with van der Waals surface area (Å²) in [6.07, 6.45) is 8.16. The number of nitrogens with zero attached hydrogens (tertiary/aromatic N) is 2. The van der Waals surface area contributed by atoms with Crippen LogP contribution < -0.4 is 5.32 Å². The summed E-state index contributed by atoms with van der Waals surface area (Å²) in [4.78, 5) is 16.3. The smallest absolute Gasteiger partial charge is 0.317 e. The van der Waals surface area contributed by atoms with Crippen molar-refractivity contribution >= 4 is 15.9 Å². The molecule has 6 nitrogen and oxygen atoms in total. The molecule has 2 rings (SSSR count). The topological polar surface area (TPSA) is 69.7 Å². The number of sulfone groups is 1. The summed E-state index contributed by atoms with van der Waals surface area (Å²) in [5.41, 5.74) is 0. The van der Waals surface area contributed by atoms with E-state index in [4.69, 9.17) is 0 Å². The third-order valence-electron chi connectivity index (χ3n) is 5.05. The molecule has 1 N–H and O–H groups in total. The molecular weight excluding hydrogens is 314 g/mol. The molecule has 1 saturated carbocycles. The SMILES string of the molecule is CN(CC1CCCC1)C(=O)NC1CCN(CCS(C)(=O)=O)CC1. The van der Waals surface area contributed by atoms with Crippen molar-refractivity contribution in [3.63, 3.8) is 0 Å². The first-order valence-corrected chi connectivity index (χ1v) is 10.8. The lowest BCUT2D eigenvalue weighted by molar-refractivity contribution is 0.177. The summed E-state index contributed by atoms with van der Waals surface area (Å²) >= 11 is 0. The van der Waals surface area contributed by atoms with E-state index >= 15 is 0 Å². The first-order valence-electron chi connectivity index (χ1n) is 8.75. The van der Waals surface area contributed by atoms with Gasteiger partial charge in [-0.25, -0.2) is 13.2 Å². The second kappa shape index (κ2) is 8.33. The van der Waals surface area contributed by atoms with Gasteiger partial charge in [0.1, 0.15) is 9.84 Å². The van der Waals surface area contributed by atoms with Gasteiger partial charge in [0.15, 0.2) is 0 Å². The van der Waals surface area contributed by atoms with Crippen molar-refractivity contribution in [1.29, 1.82) is 0 Å². The highest BCUT2D eigenvalue weighted by molar-refractivity contribution is 7.90. The second-order valence-corrected chi connectivity index (χ2v) is 9.49. The van der Waals surface area contributed by atoms with Crippen LogP contribution in [-0.4, -0.2) is 75.5 Å². The quantitative estimate of drug-likeness (QED) is 0.788. The number of piperidine rings is 1. The average molecular weight is 346 g/mol. The van der Waals surface area contributed by atoms with E-state index in [-0.39, 0.29) is 17.8 Å². The lowest BCUT2D eigenvalue weighted by atomic mass is 10.1. The molecule has 7 heteroatoms. The molecule has 2 fully saturated rings. The molecule has 2 aliphatic rings. The van der Waals surface area contributed by atoms with Crippen molar-refractivity contribution in [1.82, 2.24) is 15.1 Å². The van der Waals surface area contributed by atoms with Crippen molar-refractivity contribution < 1.29 is 13.2 Å². The van der Waals surface area contributed by atoms with E-state index in [1.807, 2.05) is 11.9 Å². The van der Waals surface area contributed by atoms with E-state index in [1.165, 1.54) is 31.9 Å². The van der Waals surface area contributed by atoms with Gasteiger partial charge in [0, 0.05) is 45.5 Å². The molecule has 1 aliphatic carbocycles. The van der Waals surface area contributed by atoms with Gasteiger partial charge in [-0.1, -0.05) is 12.8 Å². The Hall–Kier alpha value is -0.820. The van der Waals surface area contributed by atoms with Crippen molar-refractivity contribution in [2.75, 3.05) is 45.2 Å². The highest BCUT2D eigenvalue weighted by atomic mass is 32.2. The van der Waals surface area contributed by atoms with E-state index in [2.05, 4.69) is 10.2 Å². The van der Waals surface area contributed by atoms with Crippen molar-refractivity contribution in [2.45, 2.75) is 44.6 Å². The first kappa shape index (κ1) is 18.5. The maximum atomic E-state index is 12.3. The standard InChI is InChI=1S/C16H31N3O3S/c1-18(13-14-5-3-4-6-14)16(20)17-15-7-9-19(10-8-15)11-12-23(2,21)22/h14-15H,3-13H2,1-2H3,(H,17,20). The molecule has 0 radical (unpaired) electrons. The number of hydrogen-bond acceptors (Lipinski definition) is 4. The van der Waals surface area contributed by atoms with Gasteiger partial charge in [-0.2, -0.15) is 0 Å². The van der Waals surface area contributed by atoms with Gasteiger partial charge in [0.05, 0.1) is 5.75 Å². The van der Waals surface area contributed by atoms with E-state index in [9.17, 15) is 13.2 Å². The van der Waals surface area contributed by atoms with Crippen LogP contribution in [0.1, 0.15) is 38.5 Å². The summed E-state index contributed by atoms with van der Waals surface area (Å²) < 4.78 is 22.4. The molecule has 2 amide bonds. The molecule has 0 aromatic carbocycles. The first-order chi connectivity index (χ1) is 10.8. The molecule has 0 aromatic rings. The number of nitrogens with one attached hydrogen (secondary N) is 1. The number of urea groups is 1. The Bertz CT molecular complexity index is 481. The zero-order chi connectivity index (χ0) is 16.9. The van der Waals surface area contributed by atoms with Crippen LogP contribution in [0.15, 0.2) is 0 Å². The van der Waals surface area contributed by atoms with Crippen LogP contribution in [0.3, 0.4) is 0 Å². The number of rotatable bonds is 6. The normalized spacial score (nSPS) is 21.5. The molecular formula is C16H31N3O3S. The number of carbonyl (C=O) groups is 1. The van der Waals surface area contributed by atoms with Gasteiger partial charge in [-0.05, 0) is 31.6 Å². The van der Waals surface area contributed by atoms with Crippen LogP contribution in [0.4, 0.5) is 4.79 Å². The minimum Gasteiger partial charge on any atom is -0.335 e.